The molecule has 0 radical (unpaired) electrons. The fourth-order valence-corrected chi connectivity index (χ4v) is 11.8. The number of phenols is 1. The molecule has 9 rings (SSSR count). The topological polar surface area (TPSA) is 423 Å². The second kappa shape index (κ2) is 36.7. The number of benzene rings is 4. The minimum Gasteiger partial charge on any atom is -0.508 e. The van der Waals surface area contributed by atoms with Crippen LogP contribution in [-0.2, 0) is 62.6 Å². The number of phenolic OH excluding ortho intramolecular Hbond substituents is 1. The van der Waals surface area contributed by atoms with Crippen molar-refractivity contribution in [1.82, 2.24) is 60.3 Å². The summed E-state index contributed by atoms with van der Waals surface area (Å²) >= 11 is 6.65. The number of alkyl carbamates (subject to hydrolysis) is 2. The number of carbonyl (C=O) groups excluding carboxylic acids is 11. The number of alkyl halides is 1. The van der Waals surface area contributed by atoms with Crippen molar-refractivity contribution in [3.63, 3.8) is 0 Å². The van der Waals surface area contributed by atoms with Crippen molar-refractivity contribution in [3.05, 3.63) is 149 Å². The summed E-state index contributed by atoms with van der Waals surface area (Å²) in [6, 6.07) is 19.7. The number of nitrogens with two attached hydrogens (primary N) is 1. The van der Waals surface area contributed by atoms with E-state index in [-0.39, 0.29) is 127 Å². The van der Waals surface area contributed by atoms with Gasteiger partial charge in [-0.2, -0.15) is 0 Å². The van der Waals surface area contributed by atoms with Crippen LogP contribution in [0.4, 0.5) is 41.0 Å². The van der Waals surface area contributed by atoms with Crippen LogP contribution < -0.4 is 47.3 Å². The quantitative estimate of drug-likeness (QED) is 0.00947. The smallest absolute Gasteiger partial charge is 0.415 e. The number of hydrogen-bond donors (Lipinski definition) is 8. The Morgan fingerprint density at radius 3 is 2.15 bits per heavy atom. The molecular weight excluding hydrogens is 1410 g/mol. The zero-order chi connectivity index (χ0) is 77.1. The van der Waals surface area contributed by atoms with Gasteiger partial charge in [-0.25, -0.2) is 33.6 Å². The van der Waals surface area contributed by atoms with Gasteiger partial charge in [0, 0.05) is 92.8 Å². The number of amides is 12. The Morgan fingerprint density at radius 2 is 1.46 bits per heavy atom. The maximum atomic E-state index is 14.6. The van der Waals surface area contributed by atoms with Gasteiger partial charge >= 0.3 is 30.4 Å². The molecule has 0 fully saturated rings. The van der Waals surface area contributed by atoms with Gasteiger partial charge in [0.25, 0.3) is 23.6 Å². The number of aryl methyl sites for hydroxylation is 1. The number of hydrogen-bond acceptors (Lipinski definition) is 21. The number of rotatable bonds is 34. The van der Waals surface area contributed by atoms with Crippen LogP contribution >= 0.6 is 11.6 Å². The Labute approximate surface area is 619 Å². The fraction of sp³-hybridized carbons (Fsp3) is 0.389. The number of primary amides is 1. The molecule has 0 saturated heterocycles. The highest BCUT2D eigenvalue weighted by molar-refractivity contribution is 6.19. The van der Waals surface area contributed by atoms with E-state index in [2.05, 4.69) is 47.2 Å². The maximum absolute atomic E-state index is 14.6. The molecule has 2 aliphatic heterocycles. The van der Waals surface area contributed by atoms with Crippen molar-refractivity contribution in [2.45, 2.75) is 90.7 Å². The summed E-state index contributed by atoms with van der Waals surface area (Å²) in [6.45, 7) is 9.28. The molecule has 0 spiro atoms. The van der Waals surface area contributed by atoms with Crippen LogP contribution in [-0.4, -0.2) is 213 Å². The number of imidazole rings is 1. The first-order chi connectivity index (χ1) is 51.2. The molecule has 3 aromatic heterocycles. The summed E-state index contributed by atoms with van der Waals surface area (Å²) in [6.07, 6.45) is 4.29. The van der Waals surface area contributed by atoms with Crippen molar-refractivity contribution in [1.29, 1.82) is 0 Å². The molecule has 568 valence electrons. The number of ether oxygens (including phenoxy) is 6. The van der Waals surface area contributed by atoms with Crippen LogP contribution in [0.25, 0.3) is 16.4 Å². The van der Waals surface area contributed by atoms with Gasteiger partial charge in [0.05, 0.1) is 69.2 Å². The first-order valence-corrected chi connectivity index (χ1v) is 34.7. The largest absolute Gasteiger partial charge is 0.508 e. The third-order valence-corrected chi connectivity index (χ3v) is 17.8. The molecule has 3 atom stereocenters. The first-order valence-electron chi connectivity index (χ1n) is 34.2. The predicted octanol–water partition coefficient (Wildman–Crippen LogP) is 6.31. The van der Waals surface area contributed by atoms with Gasteiger partial charge in [-0.3, -0.25) is 33.7 Å². The van der Waals surface area contributed by atoms with Gasteiger partial charge in [-0.15, -0.1) is 16.7 Å². The summed E-state index contributed by atoms with van der Waals surface area (Å²) < 4.78 is 36.2. The van der Waals surface area contributed by atoms with E-state index in [1.54, 1.807) is 105 Å². The Balaban J connectivity index is 0.715. The molecular formula is C72H85ClN16O18. The number of nitrogens with one attached hydrogen (secondary N) is 6. The number of halogens is 1. The van der Waals surface area contributed by atoms with E-state index in [0.29, 0.717) is 44.9 Å². The number of anilines is 3. The van der Waals surface area contributed by atoms with E-state index in [4.69, 9.17) is 45.8 Å². The summed E-state index contributed by atoms with van der Waals surface area (Å²) in [4.78, 5) is 153. The van der Waals surface area contributed by atoms with Gasteiger partial charge in [-0.1, -0.05) is 49.4 Å². The van der Waals surface area contributed by atoms with Gasteiger partial charge < -0.3 is 90.3 Å². The molecule has 2 aliphatic rings. The lowest BCUT2D eigenvalue weighted by molar-refractivity contribution is -0.137. The van der Waals surface area contributed by atoms with E-state index < -0.39 is 89.4 Å². The number of fused-ring (bicyclic) bond motifs is 4. The zero-order valence-corrected chi connectivity index (χ0v) is 60.7. The highest BCUT2D eigenvalue weighted by atomic mass is 35.5. The molecule has 35 heteroatoms. The number of urea groups is 1. The van der Waals surface area contributed by atoms with E-state index >= 15 is 0 Å². The molecule has 0 aliphatic carbocycles. The summed E-state index contributed by atoms with van der Waals surface area (Å²) in [5, 5.41) is 34.9. The number of imide groups is 1. The van der Waals surface area contributed by atoms with Gasteiger partial charge in [-0.05, 0) is 110 Å². The highest BCUT2D eigenvalue weighted by Crippen LogP contribution is 2.47. The zero-order valence-electron chi connectivity index (χ0n) is 60.0. The number of pyridine rings is 1. The summed E-state index contributed by atoms with van der Waals surface area (Å²) in [5.74, 6) is -3.38. The average molecular weight is 1500 g/mol. The molecule has 0 saturated carbocycles. The molecule has 0 bridgehead atoms. The predicted molar refractivity (Wildman–Crippen MR) is 388 cm³/mol. The lowest BCUT2D eigenvalue weighted by Gasteiger charge is -2.37. The SMILES string of the molecule is Cc1cccc2c(OC(=O)N(C)C(C)(C)CN(C)C(=O)OCc3ccc(NC(=O)[C@H](CCCNC(N)=O)NC(=O)[C@@H](NC(=O)OCCOCCn4cc(CNC(=O)OCCOCCN5C(=O)C=CC5=O)nn4)C(C)C)cc3)cc3c(c12)[C@H](CCl)CN3C(=O)c1cn2cc(NC(=O)c3ccc(O)cc3)ccc2n1. The van der Waals surface area contributed by atoms with E-state index in [9.17, 15) is 57.8 Å². The fourth-order valence-electron chi connectivity index (χ4n) is 11.6. The van der Waals surface area contributed by atoms with Crippen LogP contribution in [0.5, 0.6) is 11.5 Å². The van der Waals surface area contributed by atoms with E-state index in [1.807, 2.05) is 25.1 Å². The van der Waals surface area contributed by atoms with Crippen LogP contribution in [0.15, 0.2) is 116 Å². The molecule has 34 nitrogen and oxygen atoms in total. The number of aromatic hydroxyl groups is 1. The lowest BCUT2D eigenvalue weighted by Crippen LogP contribution is -2.54. The van der Waals surface area contributed by atoms with Crippen molar-refractivity contribution >= 4 is 111 Å². The minimum atomic E-state index is -1.16. The highest BCUT2D eigenvalue weighted by Gasteiger charge is 2.39. The average Bonchev–Trinajstić information content (AvgIpc) is 1.62. The molecule has 107 heavy (non-hydrogen) atoms. The van der Waals surface area contributed by atoms with Crippen LogP contribution in [0, 0.1) is 12.8 Å². The second-order valence-electron chi connectivity index (χ2n) is 26.1. The maximum Gasteiger partial charge on any atom is 0.415 e. The molecule has 5 heterocycles. The van der Waals surface area contributed by atoms with Gasteiger partial charge in [0.1, 0.15) is 60.4 Å². The third kappa shape index (κ3) is 21.4. The van der Waals surface area contributed by atoms with Crippen molar-refractivity contribution in [2.75, 3.05) is 101 Å². The van der Waals surface area contributed by atoms with Crippen LogP contribution in [0.1, 0.15) is 89.7 Å². The Bertz CT molecular complexity index is 4430. The molecule has 0 unspecified atom stereocenters. The summed E-state index contributed by atoms with van der Waals surface area (Å²) in [7, 11) is 3.06. The van der Waals surface area contributed by atoms with Crippen molar-refractivity contribution in [3.8, 4) is 11.5 Å². The third-order valence-electron chi connectivity index (χ3n) is 17.4. The minimum absolute atomic E-state index is 0.0120. The van der Waals surface area contributed by atoms with Gasteiger partial charge in [0.15, 0.2) is 0 Å². The number of carbonyl (C=O) groups is 11. The normalized spacial score (nSPS) is 13.7. The Kier molecular flexibility index (Phi) is 27.2. The molecule has 12 amide bonds. The van der Waals surface area contributed by atoms with E-state index in [1.165, 1.54) is 57.9 Å². The second-order valence-corrected chi connectivity index (χ2v) is 26.4. The Morgan fingerprint density at radius 1 is 0.766 bits per heavy atom. The van der Waals surface area contributed by atoms with Crippen LogP contribution in [0.3, 0.4) is 0 Å². The van der Waals surface area contributed by atoms with Gasteiger partial charge in [0.2, 0.25) is 11.8 Å². The molecule has 7 aromatic rings. The monoisotopic (exact) mass is 1500 g/mol. The van der Waals surface area contributed by atoms with Crippen LogP contribution in [0.2, 0.25) is 0 Å². The first kappa shape index (κ1) is 79.2. The molecule has 9 N–H and O–H groups in total. The number of nitrogens with zero attached hydrogens (tertiary/aromatic N) is 9. The Hall–Kier alpha value is -11.9. The lowest BCUT2D eigenvalue weighted by atomic mass is 9.92. The van der Waals surface area contributed by atoms with Crippen molar-refractivity contribution < 1.29 is 86.3 Å². The standard InChI is InChI=1S/C72H85ClN16O18/c1-43(2)62(81-69(99)105-33-31-102-28-26-87-39-50(82-83-87)36-76-68(98)104-32-30-103-29-27-88-58(91)23-24-59(88)92)65(95)80-53(12-9-25-75-67(74)97)64(94)77-48-17-13-45(14-18-48)41-106-70(100)84(6)42-72(4,5)85(7)71(101)107-56-34-55-61(60-44(3)10-8-11-52(56)60)47(35-73)37-89(55)66(96)54-40-86-38-49(19-22-57(86)79-54)78-63(93)46-15-20-51(90)21-16-46/h8,10-11,13-24,34,38-40,43,47,53,62,90H,9,12,25-33,35-37,41-42H2,1-7H3,(H,76,98)(H,77,94)(H,78,93)(H,80,95)(H,81,99)(H3,74,75,97)/t47-,53+,62+/m1/s1. The van der Waals surface area contributed by atoms with E-state index in [0.717, 1.165) is 21.4 Å². The number of likely N-dealkylation sites (N-methyl/N-ethyl adjacent to an activating group) is 2. The van der Waals surface area contributed by atoms with Crippen molar-refractivity contribution in [2.24, 2.45) is 11.7 Å². The molecule has 4 aromatic carbocycles. The summed E-state index contributed by atoms with van der Waals surface area (Å²) in [5.41, 5.74) is 8.99. The number of aromatic nitrogens is 5.